The Morgan fingerprint density at radius 2 is 1.67 bits per heavy atom. The Kier molecular flexibility index (Phi) is 9.14. The quantitative estimate of drug-likeness (QED) is 0.552. The molecule has 1 aromatic heterocycles. The van der Waals surface area contributed by atoms with Crippen LogP contribution in [-0.2, 0) is 32.0 Å². The van der Waals surface area contributed by atoms with E-state index in [-0.39, 0.29) is 12.3 Å². The number of hydrogen-bond donors (Lipinski definition) is 1. The number of rotatable bonds is 10. The first-order valence-corrected chi connectivity index (χ1v) is 10.3. The molecule has 0 saturated carbocycles. The van der Waals surface area contributed by atoms with Gasteiger partial charge in [0.25, 0.3) is 0 Å². The Bertz CT molecular complexity index is 849. The fourth-order valence-electron chi connectivity index (χ4n) is 3.21. The zero-order valence-electron chi connectivity index (χ0n) is 17.5. The van der Waals surface area contributed by atoms with Crippen LogP contribution in [0.5, 0.6) is 0 Å². The number of hydrogen-bond acceptors (Lipinski definition) is 6. The molecule has 1 N–H and O–H groups in total. The lowest BCUT2D eigenvalue weighted by atomic mass is 10.0. The molecule has 2 aromatic rings. The average molecular weight is 456 g/mol. The van der Waals surface area contributed by atoms with Crippen LogP contribution >= 0.6 is 23.2 Å². The summed E-state index contributed by atoms with van der Waals surface area (Å²) in [5.41, 5.74) is 1.70. The van der Waals surface area contributed by atoms with Crippen molar-refractivity contribution < 1.29 is 19.1 Å². The Morgan fingerprint density at radius 1 is 1.07 bits per heavy atom. The van der Waals surface area contributed by atoms with Crippen LogP contribution < -0.4 is 5.32 Å². The molecule has 0 aliphatic carbocycles. The zero-order chi connectivity index (χ0) is 22.3. The predicted octanol–water partition coefficient (Wildman–Crippen LogP) is 3.50. The minimum atomic E-state index is -0.740. The maximum atomic E-state index is 12.4. The zero-order valence-corrected chi connectivity index (χ0v) is 19.0. The summed E-state index contributed by atoms with van der Waals surface area (Å²) in [5, 5.41) is 4.19. The third-order valence-electron chi connectivity index (χ3n) is 4.57. The first-order chi connectivity index (χ1) is 14.2. The maximum absolute atomic E-state index is 12.4. The van der Waals surface area contributed by atoms with E-state index < -0.39 is 24.0 Å². The lowest BCUT2D eigenvalue weighted by Crippen LogP contribution is -2.49. The molecule has 0 aliphatic rings. The van der Waals surface area contributed by atoms with Crippen LogP contribution in [0.3, 0.4) is 0 Å². The Balaban J connectivity index is 2.22. The van der Waals surface area contributed by atoms with Crippen molar-refractivity contribution in [3.63, 3.8) is 0 Å². The molecule has 0 fully saturated rings. The lowest BCUT2D eigenvalue weighted by molar-refractivity contribution is -0.146. The third kappa shape index (κ3) is 7.00. The smallest absolute Gasteiger partial charge is 0.323 e. The summed E-state index contributed by atoms with van der Waals surface area (Å²) >= 11 is 12.2. The standard InChI is InChI=1S/C21H27Cl2N3O4/c1-13(2)5-18(20(27)29-3)25-19(21(28)30-4)9-17-10-24-12-26(17)11-14-6-15(22)8-16(23)7-14/h6-8,10,12-13,18-19,25H,5,9,11H2,1-4H3/t18-,19-/m0/s1. The van der Waals surface area contributed by atoms with E-state index in [0.29, 0.717) is 23.0 Å². The highest BCUT2D eigenvalue weighted by atomic mass is 35.5. The number of imidazole rings is 1. The molecule has 2 rings (SSSR count). The van der Waals surface area contributed by atoms with Gasteiger partial charge in [0.1, 0.15) is 12.1 Å². The molecule has 30 heavy (non-hydrogen) atoms. The fraction of sp³-hybridized carbons (Fsp3) is 0.476. The number of ether oxygens (including phenoxy) is 2. The van der Waals surface area contributed by atoms with Gasteiger partial charge < -0.3 is 14.0 Å². The molecule has 0 radical (unpaired) electrons. The number of benzene rings is 1. The normalized spacial score (nSPS) is 13.2. The molecule has 0 amide bonds. The topological polar surface area (TPSA) is 82.5 Å². The molecule has 0 unspecified atom stereocenters. The molecular formula is C21H27Cl2N3O4. The van der Waals surface area contributed by atoms with Crippen molar-refractivity contribution in [1.82, 2.24) is 14.9 Å². The van der Waals surface area contributed by atoms with Gasteiger partial charge in [0.15, 0.2) is 0 Å². The predicted molar refractivity (Wildman–Crippen MR) is 116 cm³/mol. The highest BCUT2D eigenvalue weighted by Crippen LogP contribution is 2.20. The number of carbonyl (C=O) groups excluding carboxylic acids is 2. The maximum Gasteiger partial charge on any atom is 0.323 e. The van der Waals surface area contributed by atoms with Crippen LogP contribution in [0.4, 0.5) is 0 Å². The SMILES string of the molecule is COC(=O)[C@H](Cc1cncn1Cc1cc(Cl)cc(Cl)c1)N[C@@H](CC(C)C)C(=O)OC. The Hall–Kier alpha value is -2.09. The second kappa shape index (κ2) is 11.3. The molecule has 7 nitrogen and oxygen atoms in total. The molecule has 9 heteroatoms. The van der Waals surface area contributed by atoms with Crippen molar-refractivity contribution in [3.8, 4) is 0 Å². The third-order valence-corrected chi connectivity index (χ3v) is 5.00. The summed E-state index contributed by atoms with van der Waals surface area (Å²) in [4.78, 5) is 28.8. The van der Waals surface area contributed by atoms with Gasteiger partial charge in [0.05, 0.1) is 20.5 Å². The number of methoxy groups -OCH3 is 2. The van der Waals surface area contributed by atoms with E-state index >= 15 is 0 Å². The van der Waals surface area contributed by atoms with Gasteiger partial charge in [-0.05, 0) is 36.1 Å². The molecule has 0 bridgehead atoms. The number of esters is 2. The Morgan fingerprint density at radius 3 is 2.23 bits per heavy atom. The van der Waals surface area contributed by atoms with Crippen molar-refractivity contribution >= 4 is 35.1 Å². The van der Waals surface area contributed by atoms with Gasteiger partial charge in [-0.2, -0.15) is 0 Å². The van der Waals surface area contributed by atoms with Crippen LogP contribution in [0, 0.1) is 5.92 Å². The number of carbonyl (C=O) groups is 2. The van der Waals surface area contributed by atoms with Gasteiger partial charge in [-0.3, -0.25) is 14.9 Å². The fourth-order valence-corrected chi connectivity index (χ4v) is 3.78. The van der Waals surface area contributed by atoms with Gasteiger partial charge in [0, 0.05) is 34.9 Å². The second-order valence-electron chi connectivity index (χ2n) is 7.44. The van der Waals surface area contributed by atoms with Crippen LogP contribution in [0.25, 0.3) is 0 Å². The van der Waals surface area contributed by atoms with E-state index in [4.69, 9.17) is 32.7 Å². The van der Waals surface area contributed by atoms with Crippen molar-refractivity contribution in [2.45, 2.75) is 45.3 Å². The number of halogens is 2. The van der Waals surface area contributed by atoms with E-state index in [0.717, 1.165) is 11.3 Å². The minimum Gasteiger partial charge on any atom is -0.468 e. The molecule has 0 aliphatic heterocycles. The van der Waals surface area contributed by atoms with Crippen molar-refractivity contribution in [2.24, 2.45) is 5.92 Å². The minimum absolute atomic E-state index is 0.234. The van der Waals surface area contributed by atoms with E-state index in [1.165, 1.54) is 14.2 Å². The first-order valence-electron chi connectivity index (χ1n) is 9.59. The number of nitrogens with zero attached hydrogens (tertiary/aromatic N) is 2. The summed E-state index contributed by atoms with van der Waals surface area (Å²) in [5.74, 6) is -0.649. The summed E-state index contributed by atoms with van der Waals surface area (Å²) < 4.78 is 11.7. The van der Waals surface area contributed by atoms with Crippen molar-refractivity contribution in [1.29, 1.82) is 0 Å². The molecule has 1 heterocycles. The molecular weight excluding hydrogens is 429 g/mol. The molecule has 0 spiro atoms. The molecule has 164 valence electrons. The lowest BCUT2D eigenvalue weighted by Gasteiger charge is -2.24. The molecule has 0 saturated heterocycles. The first kappa shape index (κ1) is 24.2. The van der Waals surface area contributed by atoms with E-state index in [1.807, 2.05) is 30.5 Å². The van der Waals surface area contributed by atoms with Crippen molar-refractivity contribution in [2.75, 3.05) is 14.2 Å². The highest BCUT2D eigenvalue weighted by molar-refractivity contribution is 6.34. The van der Waals surface area contributed by atoms with Crippen LogP contribution in [0.15, 0.2) is 30.7 Å². The average Bonchev–Trinajstić information content (AvgIpc) is 3.10. The van der Waals surface area contributed by atoms with Gasteiger partial charge in [0.2, 0.25) is 0 Å². The summed E-state index contributed by atoms with van der Waals surface area (Å²) in [6.07, 6.45) is 4.16. The van der Waals surface area contributed by atoms with E-state index in [2.05, 4.69) is 10.3 Å². The second-order valence-corrected chi connectivity index (χ2v) is 8.32. The van der Waals surface area contributed by atoms with E-state index in [1.54, 1.807) is 18.6 Å². The Labute approximate surface area is 186 Å². The summed E-state index contributed by atoms with van der Waals surface area (Å²) in [7, 11) is 2.65. The van der Waals surface area contributed by atoms with Gasteiger partial charge in [-0.1, -0.05) is 37.0 Å². The highest BCUT2D eigenvalue weighted by Gasteiger charge is 2.29. The van der Waals surface area contributed by atoms with Gasteiger partial charge in [-0.25, -0.2) is 4.98 Å². The van der Waals surface area contributed by atoms with Gasteiger partial charge >= 0.3 is 11.9 Å². The van der Waals surface area contributed by atoms with Crippen LogP contribution in [-0.4, -0.2) is 47.8 Å². The number of aromatic nitrogens is 2. The van der Waals surface area contributed by atoms with Crippen LogP contribution in [0.2, 0.25) is 10.0 Å². The van der Waals surface area contributed by atoms with E-state index in [9.17, 15) is 9.59 Å². The summed E-state index contributed by atoms with van der Waals surface area (Å²) in [6.45, 7) is 4.47. The number of nitrogens with one attached hydrogen (secondary N) is 1. The van der Waals surface area contributed by atoms with Crippen molar-refractivity contribution in [3.05, 3.63) is 52.0 Å². The summed E-state index contributed by atoms with van der Waals surface area (Å²) in [6, 6.07) is 3.95. The molecule has 2 atom stereocenters. The monoisotopic (exact) mass is 455 g/mol. The van der Waals surface area contributed by atoms with Gasteiger partial charge in [-0.15, -0.1) is 0 Å². The van der Waals surface area contributed by atoms with Crippen LogP contribution in [0.1, 0.15) is 31.5 Å². The largest absolute Gasteiger partial charge is 0.468 e. The molecule has 1 aromatic carbocycles.